The summed E-state index contributed by atoms with van der Waals surface area (Å²) >= 11 is 0. The lowest BCUT2D eigenvalue weighted by Gasteiger charge is -2.32. The van der Waals surface area contributed by atoms with E-state index < -0.39 is 0 Å². The summed E-state index contributed by atoms with van der Waals surface area (Å²) < 4.78 is 18.9. The standard InChI is InChI=1S/C78H50N4O2/c1-3-17-47(18-4-1)49-33-37-51(38-34-49)79(67-29-15-25-57-53-21-9-13-31-71(53)83-77(57)67)65-43-41-55-61-45-70-62(46-69(61)81-63-27-11-7-23-59(63)73(65)75(55)81)56-42-44-66(74-60-24-8-12-28-64(60)82(70)76(56)74)80(52-39-35-50(36-40-52)48-19-5-2-6-20-48)68-30-16-26-58-54-22-10-14-32-72(54)84-78(58)68/h1-15,17-25,27-35,37-46,50H,16,26,36H2. The van der Waals surface area contributed by atoms with Crippen LogP contribution in [0.25, 0.3) is 126 Å². The van der Waals surface area contributed by atoms with Crippen LogP contribution >= 0.6 is 0 Å². The zero-order valence-electron chi connectivity index (χ0n) is 45.6. The fraction of sp³-hybridized carbons (Fsp3) is 0.0513. The number of rotatable bonds is 8. The third-order valence-corrected chi connectivity index (χ3v) is 18.6. The largest absolute Gasteiger partial charge is 0.454 e. The number of nitrogens with zero attached hydrogens (tertiary/aromatic N) is 4. The minimum atomic E-state index is 0.297. The van der Waals surface area contributed by atoms with Crippen molar-refractivity contribution in [3.63, 3.8) is 0 Å². The maximum atomic E-state index is 6.94. The topological polar surface area (TPSA) is 41.6 Å². The molecular formula is C78H50N4O2. The Hall–Kier alpha value is -10.8. The van der Waals surface area contributed by atoms with E-state index in [0.29, 0.717) is 5.92 Å². The molecule has 0 radical (unpaired) electrons. The van der Waals surface area contributed by atoms with E-state index in [1.807, 2.05) is 0 Å². The molecule has 17 aromatic rings. The maximum Gasteiger partial charge on any atom is 0.159 e. The second kappa shape index (κ2) is 17.4. The van der Waals surface area contributed by atoms with E-state index in [4.69, 9.17) is 8.83 Å². The summed E-state index contributed by atoms with van der Waals surface area (Å²) in [6.07, 6.45) is 12.4. The minimum Gasteiger partial charge on any atom is -0.454 e. The maximum absolute atomic E-state index is 6.94. The molecule has 6 heteroatoms. The number of fused-ring (bicyclic) bond motifs is 18. The van der Waals surface area contributed by atoms with Gasteiger partial charge in [0, 0.05) is 82.1 Å². The molecule has 0 spiro atoms. The summed E-state index contributed by atoms with van der Waals surface area (Å²) in [6.45, 7) is 0. The van der Waals surface area contributed by atoms with Crippen LogP contribution in [0.2, 0.25) is 0 Å². The first-order valence-corrected chi connectivity index (χ1v) is 29.3. The van der Waals surface area contributed by atoms with Gasteiger partial charge in [0.25, 0.3) is 0 Å². The molecule has 0 N–H and O–H groups in total. The Morgan fingerprint density at radius 1 is 0.405 bits per heavy atom. The number of anilines is 4. The third kappa shape index (κ3) is 6.34. The van der Waals surface area contributed by atoms with Gasteiger partial charge in [0.2, 0.25) is 0 Å². The Labute approximate surface area is 482 Å². The predicted octanol–water partition coefficient (Wildman–Crippen LogP) is 21.2. The second-order valence-corrected chi connectivity index (χ2v) is 22.9. The molecule has 1 unspecified atom stereocenters. The van der Waals surface area contributed by atoms with Gasteiger partial charge in [0.05, 0.1) is 55.9 Å². The number of para-hydroxylation sites is 5. The number of aryl methyl sites for hydroxylation is 1. The second-order valence-electron chi connectivity index (χ2n) is 22.9. The summed E-state index contributed by atoms with van der Waals surface area (Å²) in [7, 11) is 0. The van der Waals surface area contributed by atoms with Crippen molar-refractivity contribution in [3.05, 3.63) is 283 Å². The Morgan fingerprint density at radius 3 is 1.64 bits per heavy atom. The molecule has 394 valence electrons. The Kier molecular flexibility index (Phi) is 9.47. The zero-order chi connectivity index (χ0) is 54.7. The smallest absolute Gasteiger partial charge is 0.159 e. The highest BCUT2D eigenvalue weighted by atomic mass is 16.3. The van der Waals surface area contributed by atoms with Crippen LogP contribution in [0.4, 0.5) is 22.7 Å². The van der Waals surface area contributed by atoms with E-state index in [-0.39, 0.29) is 0 Å². The summed E-state index contributed by atoms with van der Waals surface area (Å²) in [5.74, 6) is 1.26. The van der Waals surface area contributed by atoms with E-state index in [1.54, 1.807) is 0 Å². The molecule has 11 aromatic carbocycles. The quantitative estimate of drug-likeness (QED) is 0.152. The van der Waals surface area contributed by atoms with Gasteiger partial charge < -0.3 is 27.4 Å². The molecule has 0 saturated carbocycles. The van der Waals surface area contributed by atoms with Gasteiger partial charge in [0.15, 0.2) is 11.3 Å². The summed E-state index contributed by atoms with van der Waals surface area (Å²) in [6, 6.07) is 86.5. The monoisotopic (exact) mass is 1070 g/mol. The summed E-state index contributed by atoms with van der Waals surface area (Å²) in [5.41, 5.74) is 21.3. The number of hydrogen-bond acceptors (Lipinski definition) is 4. The summed E-state index contributed by atoms with van der Waals surface area (Å²) in [4.78, 5) is 4.94. The highest BCUT2D eigenvalue weighted by Crippen LogP contribution is 2.53. The highest BCUT2D eigenvalue weighted by molar-refractivity contribution is 6.32. The van der Waals surface area contributed by atoms with Crippen LogP contribution in [-0.2, 0) is 6.42 Å². The summed E-state index contributed by atoms with van der Waals surface area (Å²) in [5, 5.41) is 13.2. The van der Waals surface area contributed by atoms with E-state index in [9.17, 15) is 0 Å². The lowest BCUT2D eigenvalue weighted by molar-refractivity contribution is 0.587. The molecule has 6 heterocycles. The van der Waals surface area contributed by atoms with Crippen molar-refractivity contribution >= 4 is 138 Å². The van der Waals surface area contributed by atoms with Crippen LogP contribution in [-0.4, -0.2) is 8.80 Å². The molecule has 0 amide bonds. The average Bonchev–Trinajstić information content (AvgIpc) is 2.40. The molecule has 19 rings (SSSR count). The van der Waals surface area contributed by atoms with Crippen molar-refractivity contribution in [2.45, 2.75) is 25.2 Å². The first kappa shape index (κ1) is 45.9. The molecule has 2 aliphatic carbocycles. The molecule has 6 nitrogen and oxygen atoms in total. The third-order valence-electron chi connectivity index (χ3n) is 18.6. The Balaban J connectivity index is 0.845. The van der Waals surface area contributed by atoms with Crippen LogP contribution in [0.5, 0.6) is 0 Å². The normalized spacial score (nSPS) is 14.7. The number of benzene rings is 11. The average molecular weight is 1080 g/mol. The fourth-order valence-corrected chi connectivity index (χ4v) is 14.9. The van der Waals surface area contributed by atoms with Crippen LogP contribution < -0.4 is 9.80 Å². The van der Waals surface area contributed by atoms with Crippen LogP contribution in [0.1, 0.15) is 35.6 Å². The Morgan fingerprint density at radius 2 is 0.976 bits per heavy atom. The van der Waals surface area contributed by atoms with Crippen LogP contribution in [0.3, 0.4) is 0 Å². The molecule has 0 aliphatic heterocycles. The van der Waals surface area contributed by atoms with Crippen molar-refractivity contribution in [1.82, 2.24) is 8.80 Å². The van der Waals surface area contributed by atoms with E-state index in [2.05, 4.69) is 279 Å². The number of furan rings is 2. The van der Waals surface area contributed by atoms with Gasteiger partial charge in [0.1, 0.15) is 11.2 Å². The molecule has 0 fully saturated rings. The van der Waals surface area contributed by atoms with Gasteiger partial charge in [-0.3, -0.25) is 0 Å². The highest BCUT2D eigenvalue weighted by Gasteiger charge is 2.33. The van der Waals surface area contributed by atoms with Gasteiger partial charge in [-0.15, -0.1) is 0 Å². The van der Waals surface area contributed by atoms with Crippen molar-refractivity contribution < 1.29 is 8.83 Å². The predicted molar refractivity (Wildman–Crippen MR) is 349 cm³/mol. The number of allylic oxidation sites excluding steroid dienone is 4. The lowest BCUT2D eigenvalue weighted by atomic mass is 9.90. The molecule has 6 aromatic heterocycles. The van der Waals surface area contributed by atoms with Crippen molar-refractivity contribution in [2.24, 2.45) is 0 Å². The van der Waals surface area contributed by atoms with E-state index in [1.165, 1.54) is 104 Å². The van der Waals surface area contributed by atoms with Crippen molar-refractivity contribution in [3.8, 4) is 11.1 Å². The molecular weight excluding hydrogens is 1020 g/mol. The minimum absolute atomic E-state index is 0.297. The van der Waals surface area contributed by atoms with Crippen molar-refractivity contribution in [1.29, 1.82) is 0 Å². The molecule has 0 bridgehead atoms. The molecule has 84 heavy (non-hydrogen) atoms. The Bertz CT molecular complexity index is 5660. The zero-order valence-corrected chi connectivity index (χ0v) is 45.6. The lowest BCUT2D eigenvalue weighted by Crippen LogP contribution is -2.23. The van der Waals surface area contributed by atoms with Gasteiger partial charge in [-0.05, 0) is 109 Å². The SMILES string of the molecule is C1=CC(c2ccccc2)CC=C1N(C1=CCCc2c1oc1ccccc21)c1ccc2c3cc4c(cc3n3c5ccccc5c1c23)c1ccc(N(c2ccc(-c3ccccc3)cc2)c2cccc3c2oc2ccccc23)c2c3ccccc3n4c12. The number of aromatic nitrogens is 2. The van der Waals surface area contributed by atoms with Crippen LogP contribution in [0, 0.1) is 0 Å². The molecule has 0 saturated heterocycles. The van der Waals surface area contributed by atoms with Gasteiger partial charge in [-0.25, -0.2) is 0 Å². The van der Waals surface area contributed by atoms with Gasteiger partial charge >= 0.3 is 0 Å². The first-order valence-electron chi connectivity index (χ1n) is 29.3. The van der Waals surface area contributed by atoms with Crippen LogP contribution in [0.15, 0.2) is 275 Å². The fourth-order valence-electron chi connectivity index (χ4n) is 14.9. The van der Waals surface area contributed by atoms with Gasteiger partial charge in [-0.2, -0.15) is 0 Å². The molecule has 1 atom stereocenters. The van der Waals surface area contributed by atoms with Gasteiger partial charge in [-0.1, -0.05) is 188 Å². The van der Waals surface area contributed by atoms with E-state index in [0.717, 1.165) is 86.7 Å². The first-order chi connectivity index (χ1) is 41.7. The molecule has 2 aliphatic rings. The number of hydrogen-bond donors (Lipinski definition) is 0. The van der Waals surface area contributed by atoms with Crippen molar-refractivity contribution in [2.75, 3.05) is 9.80 Å². The van der Waals surface area contributed by atoms with E-state index >= 15 is 0 Å².